The zero-order valence-electron chi connectivity index (χ0n) is 23.6. The second kappa shape index (κ2) is 11.2. The summed E-state index contributed by atoms with van der Waals surface area (Å²) in [4.78, 5) is 16.6. The van der Waals surface area contributed by atoms with Gasteiger partial charge in [0.15, 0.2) is 6.29 Å². The molecule has 42 heavy (non-hydrogen) atoms. The Bertz CT molecular complexity index is 1630. The standard InChI is InChI=1S/C33H30ClNO7/c1-37-22-11-14-28(39-3)24(17-22)30-33(42-31(41-30)25-18-23(38-2)12-15-29(25)40-4)26-16-21(34)10-13-27(26)35(32(33)36)19-20-8-6-5-7-9-20/h5-18,30-31H,19H2,1-4H3/t30-,31-,33+/m0/s1. The Morgan fingerprint density at radius 1 is 0.786 bits per heavy atom. The van der Waals surface area contributed by atoms with Crippen molar-refractivity contribution in [2.75, 3.05) is 33.3 Å². The van der Waals surface area contributed by atoms with E-state index in [4.69, 9.17) is 40.0 Å². The van der Waals surface area contributed by atoms with Crippen LogP contribution >= 0.6 is 11.6 Å². The lowest BCUT2D eigenvalue weighted by Crippen LogP contribution is -2.43. The predicted molar refractivity (Wildman–Crippen MR) is 158 cm³/mol. The number of rotatable bonds is 8. The van der Waals surface area contributed by atoms with Crippen molar-refractivity contribution in [2.24, 2.45) is 0 Å². The van der Waals surface area contributed by atoms with Gasteiger partial charge in [-0.3, -0.25) is 4.79 Å². The molecule has 1 saturated heterocycles. The van der Waals surface area contributed by atoms with E-state index in [1.165, 1.54) is 0 Å². The summed E-state index contributed by atoms with van der Waals surface area (Å²) in [5.41, 5.74) is 1.77. The molecule has 2 aliphatic rings. The van der Waals surface area contributed by atoms with Gasteiger partial charge in [-0.25, -0.2) is 0 Å². The van der Waals surface area contributed by atoms with Gasteiger partial charge in [-0.2, -0.15) is 0 Å². The van der Waals surface area contributed by atoms with E-state index >= 15 is 0 Å². The van der Waals surface area contributed by atoms with Crippen molar-refractivity contribution in [3.63, 3.8) is 0 Å². The van der Waals surface area contributed by atoms with Gasteiger partial charge in [-0.15, -0.1) is 0 Å². The molecular formula is C33H30ClNO7. The van der Waals surface area contributed by atoms with Crippen LogP contribution in [0.15, 0.2) is 84.9 Å². The van der Waals surface area contributed by atoms with Crippen molar-refractivity contribution in [2.45, 2.75) is 24.5 Å². The van der Waals surface area contributed by atoms with E-state index in [2.05, 4.69) is 0 Å². The fourth-order valence-corrected chi connectivity index (χ4v) is 5.90. The number of hydrogen-bond donors (Lipinski definition) is 0. The maximum Gasteiger partial charge on any atom is 0.267 e. The minimum Gasteiger partial charge on any atom is -0.497 e. The van der Waals surface area contributed by atoms with Crippen LogP contribution < -0.4 is 23.8 Å². The first-order valence-electron chi connectivity index (χ1n) is 13.4. The molecule has 8 nitrogen and oxygen atoms in total. The predicted octanol–water partition coefficient (Wildman–Crippen LogP) is 6.60. The van der Waals surface area contributed by atoms with E-state index in [9.17, 15) is 4.79 Å². The second-order valence-corrected chi connectivity index (χ2v) is 10.4. The number of carbonyl (C=O) groups excluding carboxylic acids is 1. The number of fused-ring (bicyclic) bond motifs is 2. The van der Waals surface area contributed by atoms with Gasteiger partial charge in [0.05, 0.1) is 46.2 Å². The van der Waals surface area contributed by atoms with Crippen molar-refractivity contribution in [3.05, 3.63) is 112 Å². The van der Waals surface area contributed by atoms with Crippen LogP contribution in [0, 0.1) is 0 Å². The molecular weight excluding hydrogens is 558 g/mol. The normalized spacial score (nSPS) is 21.0. The molecule has 3 atom stereocenters. The number of carbonyl (C=O) groups is 1. The van der Waals surface area contributed by atoms with Crippen LogP contribution in [0.4, 0.5) is 5.69 Å². The third-order valence-corrected chi connectivity index (χ3v) is 7.96. The summed E-state index contributed by atoms with van der Waals surface area (Å²) in [5, 5.41) is 0.463. The van der Waals surface area contributed by atoms with Crippen LogP contribution in [0.5, 0.6) is 23.0 Å². The van der Waals surface area contributed by atoms with Gasteiger partial charge in [-0.1, -0.05) is 41.9 Å². The minimum absolute atomic E-state index is 0.289. The first-order valence-corrected chi connectivity index (χ1v) is 13.7. The maximum atomic E-state index is 14.8. The highest BCUT2D eigenvalue weighted by Crippen LogP contribution is 2.61. The summed E-state index contributed by atoms with van der Waals surface area (Å²) < 4.78 is 36.1. The molecule has 0 aromatic heterocycles. The lowest BCUT2D eigenvalue weighted by molar-refractivity contribution is -0.146. The van der Waals surface area contributed by atoms with E-state index in [-0.39, 0.29) is 5.91 Å². The fraction of sp³-hybridized carbons (Fsp3) is 0.242. The molecule has 0 unspecified atom stereocenters. The molecule has 216 valence electrons. The summed E-state index contributed by atoms with van der Waals surface area (Å²) >= 11 is 6.57. The van der Waals surface area contributed by atoms with Crippen LogP contribution in [0.25, 0.3) is 0 Å². The molecule has 4 aromatic carbocycles. The van der Waals surface area contributed by atoms with Gasteiger partial charge < -0.3 is 33.3 Å². The fourth-order valence-electron chi connectivity index (χ4n) is 5.73. The van der Waals surface area contributed by atoms with Gasteiger partial charge in [0.2, 0.25) is 5.60 Å². The van der Waals surface area contributed by atoms with Crippen molar-refractivity contribution in [1.29, 1.82) is 0 Å². The number of benzene rings is 4. The Kier molecular flexibility index (Phi) is 7.45. The third-order valence-electron chi connectivity index (χ3n) is 7.73. The molecule has 0 aliphatic carbocycles. The highest BCUT2D eigenvalue weighted by atomic mass is 35.5. The number of ether oxygens (including phenoxy) is 6. The summed E-state index contributed by atoms with van der Waals surface area (Å²) in [7, 11) is 6.29. The molecule has 0 radical (unpaired) electrons. The largest absolute Gasteiger partial charge is 0.497 e. The number of nitrogens with zero attached hydrogens (tertiary/aromatic N) is 1. The van der Waals surface area contributed by atoms with Gasteiger partial charge in [0, 0.05) is 16.1 Å². The van der Waals surface area contributed by atoms with E-state index in [1.807, 2.05) is 36.4 Å². The molecule has 4 aromatic rings. The SMILES string of the molecule is COc1ccc(OC)c([C@H]2O[C@@H](c3cc(OC)ccc3OC)[C@@]3(O2)C(=O)N(Cc2ccccc2)c2ccc(Cl)cc23)c1. The summed E-state index contributed by atoms with van der Waals surface area (Å²) in [6, 6.07) is 25.9. The number of amides is 1. The molecule has 2 aliphatic heterocycles. The zero-order valence-corrected chi connectivity index (χ0v) is 24.4. The molecule has 1 spiro atoms. The van der Waals surface area contributed by atoms with Gasteiger partial charge in [0.25, 0.3) is 5.91 Å². The van der Waals surface area contributed by atoms with E-state index < -0.39 is 18.0 Å². The monoisotopic (exact) mass is 587 g/mol. The molecule has 0 saturated carbocycles. The smallest absolute Gasteiger partial charge is 0.267 e. The molecule has 6 rings (SSSR count). The zero-order chi connectivity index (χ0) is 29.4. The molecule has 0 N–H and O–H groups in total. The van der Waals surface area contributed by atoms with Gasteiger partial charge in [-0.05, 0) is 60.2 Å². The summed E-state index contributed by atoms with van der Waals surface area (Å²) in [6.45, 7) is 0.328. The minimum atomic E-state index is -1.62. The third kappa shape index (κ3) is 4.52. The Balaban J connectivity index is 1.58. The van der Waals surface area contributed by atoms with E-state index in [1.54, 1.807) is 81.9 Å². The Labute approximate surface area is 249 Å². The first kappa shape index (κ1) is 27.9. The summed E-state index contributed by atoms with van der Waals surface area (Å²) in [6.07, 6.45) is -1.96. The second-order valence-electron chi connectivity index (χ2n) is 9.96. The Hall–Kier alpha value is -4.24. The highest BCUT2D eigenvalue weighted by molar-refractivity contribution is 6.31. The van der Waals surface area contributed by atoms with Crippen molar-refractivity contribution >= 4 is 23.2 Å². The van der Waals surface area contributed by atoms with Crippen molar-refractivity contribution in [3.8, 4) is 23.0 Å². The van der Waals surface area contributed by atoms with Crippen LogP contribution in [0.3, 0.4) is 0 Å². The topological polar surface area (TPSA) is 75.7 Å². The first-order chi connectivity index (χ1) is 20.4. The van der Waals surface area contributed by atoms with Crippen LogP contribution in [0.1, 0.15) is 34.6 Å². The molecule has 1 fully saturated rings. The Morgan fingerprint density at radius 2 is 1.43 bits per heavy atom. The molecule has 2 heterocycles. The van der Waals surface area contributed by atoms with E-state index in [0.717, 1.165) is 5.56 Å². The van der Waals surface area contributed by atoms with Crippen molar-refractivity contribution < 1.29 is 33.2 Å². The lowest BCUT2D eigenvalue weighted by atomic mass is 9.85. The quantitative estimate of drug-likeness (QED) is 0.230. The Morgan fingerprint density at radius 3 is 2.07 bits per heavy atom. The van der Waals surface area contributed by atoms with Gasteiger partial charge >= 0.3 is 0 Å². The number of anilines is 1. The number of methoxy groups -OCH3 is 4. The van der Waals surface area contributed by atoms with E-state index in [0.29, 0.717) is 56.9 Å². The van der Waals surface area contributed by atoms with Gasteiger partial charge in [0.1, 0.15) is 29.1 Å². The number of hydrogen-bond acceptors (Lipinski definition) is 7. The molecule has 9 heteroatoms. The van der Waals surface area contributed by atoms with Crippen LogP contribution in [-0.4, -0.2) is 34.3 Å². The average molecular weight is 588 g/mol. The van der Waals surface area contributed by atoms with Crippen molar-refractivity contribution in [1.82, 2.24) is 0 Å². The summed E-state index contributed by atoms with van der Waals surface area (Å²) in [5.74, 6) is 1.90. The van der Waals surface area contributed by atoms with Crippen LogP contribution in [-0.2, 0) is 26.4 Å². The maximum absolute atomic E-state index is 14.8. The molecule has 1 amide bonds. The number of halogens is 1. The lowest BCUT2D eigenvalue weighted by Gasteiger charge is -2.29. The average Bonchev–Trinajstić information content (AvgIpc) is 3.53. The molecule has 0 bridgehead atoms. The highest BCUT2D eigenvalue weighted by Gasteiger charge is 2.64. The van der Waals surface area contributed by atoms with Crippen LogP contribution in [0.2, 0.25) is 5.02 Å².